The van der Waals surface area contributed by atoms with Crippen molar-refractivity contribution in [2.75, 3.05) is 0 Å². The van der Waals surface area contributed by atoms with Crippen molar-refractivity contribution in [3.8, 4) is 0 Å². The van der Waals surface area contributed by atoms with E-state index in [0.29, 0.717) is 0 Å². The van der Waals surface area contributed by atoms with Crippen LogP contribution in [0, 0.1) is 0 Å². The molecule has 45 heavy (non-hydrogen) atoms. The van der Waals surface area contributed by atoms with Crippen molar-refractivity contribution in [1.82, 2.24) is 10.6 Å². The lowest BCUT2D eigenvalue weighted by Gasteiger charge is -2.24. The molecular weight excluding hydrogens is 572 g/mol. The van der Waals surface area contributed by atoms with E-state index in [0.717, 1.165) is 32.7 Å². The minimum atomic E-state index is -1.26. The standard InChI is InChI=1S/C36H40N2O7/c1-35(2,3)44-33(41)37-29(21-23-15-17-25-11-7-9-13-27(25)19-23)31(39)43-32(40)30(38-34(42)45-36(4,5)6)22-24-16-18-26-12-8-10-14-28(26)20-24/h7-20,29-30H,21-22H2,1-6H3,(H,37,41)(H,38,42)/t29-,30-/m0/s1. The number of carbonyl (C=O) groups is 4. The van der Waals surface area contributed by atoms with Crippen LogP contribution in [0.2, 0.25) is 0 Å². The molecule has 2 amide bonds. The van der Waals surface area contributed by atoms with Crippen molar-refractivity contribution in [3.63, 3.8) is 0 Å². The van der Waals surface area contributed by atoms with Crippen LogP contribution < -0.4 is 10.6 Å². The van der Waals surface area contributed by atoms with Crippen LogP contribution in [0.5, 0.6) is 0 Å². The zero-order chi connectivity index (χ0) is 32.8. The highest BCUT2D eigenvalue weighted by Crippen LogP contribution is 2.19. The van der Waals surface area contributed by atoms with Crippen molar-refractivity contribution >= 4 is 45.7 Å². The van der Waals surface area contributed by atoms with Gasteiger partial charge in [-0.05, 0) is 74.2 Å². The van der Waals surface area contributed by atoms with Crippen molar-refractivity contribution in [1.29, 1.82) is 0 Å². The first kappa shape index (κ1) is 33.0. The molecule has 2 N–H and O–H groups in total. The molecule has 0 heterocycles. The molecule has 0 unspecified atom stereocenters. The highest BCUT2D eigenvalue weighted by Gasteiger charge is 2.32. The smallest absolute Gasteiger partial charge is 0.408 e. The van der Waals surface area contributed by atoms with Crippen LogP contribution in [-0.4, -0.2) is 47.4 Å². The maximum absolute atomic E-state index is 13.5. The Morgan fingerprint density at radius 2 is 0.911 bits per heavy atom. The van der Waals surface area contributed by atoms with E-state index < -0.39 is 47.4 Å². The van der Waals surface area contributed by atoms with E-state index in [4.69, 9.17) is 14.2 Å². The van der Waals surface area contributed by atoms with Gasteiger partial charge in [0.25, 0.3) is 0 Å². The summed E-state index contributed by atoms with van der Waals surface area (Å²) in [6, 6.07) is 24.3. The van der Waals surface area contributed by atoms with Gasteiger partial charge in [-0.1, -0.05) is 84.9 Å². The first-order valence-electron chi connectivity index (χ1n) is 14.9. The predicted molar refractivity (Wildman–Crippen MR) is 173 cm³/mol. The summed E-state index contributed by atoms with van der Waals surface area (Å²) in [4.78, 5) is 52.5. The minimum Gasteiger partial charge on any atom is -0.444 e. The Morgan fingerprint density at radius 1 is 0.556 bits per heavy atom. The number of rotatable bonds is 8. The van der Waals surface area contributed by atoms with Gasteiger partial charge in [-0.2, -0.15) is 0 Å². The fourth-order valence-electron chi connectivity index (χ4n) is 4.73. The van der Waals surface area contributed by atoms with Crippen LogP contribution in [0.25, 0.3) is 21.5 Å². The molecule has 0 aliphatic heterocycles. The molecule has 9 nitrogen and oxygen atoms in total. The van der Waals surface area contributed by atoms with Crippen LogP contribution in [0.15, 0.2) is 84.9 Å². The number of fused-ring (bicyclic) bond motifs is 2. The Kier molecular flexibility index (Phi) is 10.1. The summed E-state index contributed by atoms with van der Waals surface area (Å²) in [7, 11) is 0. The number of amides is 2. The highest BCUT2D eigenvalue weighted by molar-refractivity contribution is 5.94. The molecule has 4 aromatic rings. The average molecular weight is 613 g/mol. The molecule has 0 saturated heterocycles. The third kappa shape index (κ3) is 10.1. The molecule has 0 aromatic heterocycles. The second-order valence-electron chi connectivity index (χ2n) is 12.9. The summed E-state index contributed by atoms with van der Waals surface area (Å²) in [5, 5.41) is 9.04. The first-order valence-corrected chi connectivity index (χ1v) is 14.9. The Bertz CT molecular complexity index is 1580. The summed E-state index contributed by atoms with van der Waals surface area (Å²) in [5.41, 5.74) is -0.170. The Hall–Kier alpha value is -4.92. The largest absolute Gasteiger partial charge is 0.444 e. The topological polar surface area (TPSA) is 120 Å². The number of hydrogen-bond acceptors (Lipinski definition) is 7. The second-order valence-corrected chi connectivity index (χ2v) is 12.9. The maximum atomic E-state index is 13.5. The zero-order valence-electron chi connectivity index (χ0n) is 26.5. The molecule has 0 aliphatic rings. The fourth-order valence-corrected chi connectivity index (χ4v) is 4.73. The third-order valence-electron chi connectivity index (χ3n) is 6.66. The van der Waals surface area contributed by atoms with E-state index in [-0.39, 0.29) is 12.8 Å². The Morgan fingerprint density at radius 3 is 1.27 bits per heavy atom. The fraction of sp³-hybridized carbons (Fsp3) is 0.333. The Balaban J connectivity index is 1.57. The van der Waals surface area contributed by atoms with Gasteiger partial charge < -0.3 is 24.8 Å². The lowest BCUT2D eigenvalue weighted by atomic mass is 10.0. The zero-order valence-corrected chi connectivity index (χ0v) is 26.5. The van der Waals surface area contributed by atoms with Gasteiger partial charge >= 0.3 is 24.1 Å². The van der Waals surface area contributed by atoms with Gasteiger partial charge in [-0.15, -0.1) is 0 Å². The summed E-state index contributed by atoms with van der Waals surface area (Å²) >= 11 is 0. The molecule has 4 aromatic carbocycles. The lowest BCUT2D eigenvalue weighted by Crippen LogP contribution is -2.49. The highest BCUT2D eigenvalue weighted by atomic mass is 16.6. The van der Waals surface area contributed by atoms with Crippen LogP contribution in [0.3, 0.4) is 0 Å². The van der Waals surface area contributed by atoms with Crippen LogP contribution in [0.4, 0.5) is 9.59 Å². The molecule has 4 rings (SSSR count). The van der Waals surface area contributed by atoms with Gasteiger partial charge in [0, 0.05) is 12.8 Å². The summed E-state index contributed by atoms with van der Waals surface area (Å²) in [5.74, 6) is -1.98. The quantitative estimate of drug-likeness (QED) is 0.130. The average Bonchev–Trinajstić information content (AvgIpc) is 2.94. The van der Waals surface area contributed by atoms with Crippen LogP contribution >= 0.6 is 0 Å². The van der Waals surface area contributed by atoms with E-state index in [1.54, 1.807) is 41.5 Å². The molecular formula is C36H40N2O7. The number of nitrogens with one attached hydrogen (secondary N) is 2. The maximum Gasteiger partial charge on any atom is 0.408 e. The molecule has 2 atom stereocenters. The molecule has 0 radical (unpaired) electrons. The second kappa shape index (κ2) is 13.8. The van der Waals surface area contributed by atoms with E-state index in [2.05, 4.69) is 10.6 Å². The van der Waals surface area contributed by atoms with Gasteiger partial charge in [0.1, 0.15) is 23.3 Å². The molecule has 0 spiro atoms. The number of ether oxygens (including phenoxy) is 3. The normalized spacial score (nSPS) is 13.0. The molecule has 0 saturated carbocycles. The van der Waals surface area contributed by atoms with E-state index >= 15 is 0 Å². The molecule has 0 bridgehead atoms. The van der Waals surface area contributed by atoms with Gasteiger partial charge in [-0.25, -0.2) is 19.2 Å². The molecule has 0 aliphatic carbocycles. The number of esters is 2. The number of alkyl carbamates (subject to hydrolysis) is 2. The van der Waals surface area contributed by atoms with Crippen LogP contribution in [-0.2, 0) is 36.6 Å². The number of hydrogen-bond donors (Lipinski definition) is 2. The van der Waals surface area contributed by atoms with Crippen LogP contribution in [0.1, 0.15) is 52.7 Å². The minimum absolute atomic E-state index is 0.0328. The molecule has 0 fully saturated rings. The third-order valence-corrected chi connectivity index (χ3v) is 6.66. The summed E-state index contributed by atoms with van der Waals surface area (Å²) < 4.78 is 16.1. The van der Waals surface area contributed by atoms with E-state index in [1.165, 1.54) is 0 Å². The van der Waals surface area contributed by atoms with Crippen molar-refractivity contribution < 1.29 is 33.4 Å². The SMILES string of the molecule is CC(C)(C)OC(=O)N[C@@H](Cc1ccc2ccccc2c1)C(=O)OC(=O)[C@H](Cc1ccc2ccccc2c1)NC(=O)OC(C)(C)C. The van der Waals surface area contributed by atoms with Crippen molar-refractivity contribution in [2.24, 2.45) is 0 Å². The lowest BCUT2D eigenvalue weighted by molar-refractivity contribution is -0.162. The van der Waals surface area contributed by atoms with Crippen molar-refractivity contribution in [3.05, 3.63) is 96.1 Å². The van der Waals surface area contributed by atoms with Gasteiger partial charge in [0.05, 0.1) is 0 Å². The Labute approximate surface area is 263 Å². The van der Waals surface area contributed by atoms with Gasteiger partial charge in [-0.3, -0.25) is 0 Å². The van der Waals surface area contributed by atoms with Gasteiger partial charge in [0.2, 0.25) is 0 Å². The monoisotopic (exact) mass is 612 g/mol. The summed E-state index contributed by atoms with van der Waals surface area (Å²) in [6.07, 6.45) is -1.61. The van der Waals surface area contributed by atoms with E-state index in [9.17, 15) is 19.2 Å². The van der Waals surface area contributed by atoms with E-state index in [1.807, 2.05) is 84.9 Å². The molecule has 9 heteroatoms. The summed E-state index contributed by atoms with van der Waals surface area (Å²) in [6.45, 7) is 10.2. The predicted octanol–water partition coefficient (Wildman–Crippen LogP) is 6.63. The first-order chi connectivity index (χ1) is 21.1. The van der Waals surface area contributed by atoms with Crippen molar-refractivity contribution in [2.45, 2.75) is 77.7 Å². The number of benzene rings is 4. The van der Waals surface area contributed by atoms with Gasteiger partial charge in [0.15, 0.2) is 0 Å². The number of carbonyl (C=O) groups excluding carboxylic acids is 4. The molecule has 236 valence electrons.